The van der Waals surface area contributed by atoms with Crippen molar-refractivity contribution in [2.24, 2.45) is 0 Å². The van der Waals surface area contributed by atoms with E-state index in [1.165, 1.54) is 24.4 Å². The summed E-state index contributed by atoms with van der Waals surface area (Å²) in [7, 11) is 0. The first-order valence-corrected chi connectivity index (χ1v) is 6.37. The van der Waals surface area contributed by atoms with Gasteiger partial charge in [-0.25, -0.2) is 0 Å². The third-order valence-corrected chi connectivity index (χ3v) is 3.29. The monoisotopic (exact) mass is 301 g/mol. The number of aromatic nitrogens is 2. The average Bonchev–Trinajstić information content (AvgIpc) is 2.47. The fourth-order valence-electron chi connectivity index (χ4n) is 2.08. The lowest BCUT2D eigenvalue weighted by atomic mass is 10.2. The molecular weight excluding hydrogens is 294 g/mol. The van der Waals surface area contributed by atoms with Crippen molar-refractivity contribution in [1.29, 1.82) is 0 Å². The summed E-state index contributed by atoms with van der Waals surface area (Å²) >= 11 is 5.88. The van der Waals surface area contributed by atoms with Crippen LogP contribution in [0.3, 0.4) is 0 Å². The molecule has 0 radical (unpaired) electrons. The molecule has 0 fully saturated rings. The van der Waals surface area contributed by atoms with Gasteiger partial charge in [-0.15, -0.1) is 0 Å². The van der Waals surface area contributed by atoms with E-state index in [4.69, 9.17) is 11.6 Å². The van der Waals surface area contributed by atoms with Gasteiger partial charge in [0.1, 0.15) is 5.69 Å². The Morgan fingerprint density at radius 2 is 1.95 bits per heavy atom. The van der Waals surface area contributed by atoms with Gasteiger partial charge >= 0.3 is 0 Å². The van der Waals surface area contributed by atoms with E-state index in [0.717, 1.165) is 4.68 Å². The van der Waals surface area contributed by atoms with Crippen molar-refractivity contribution in [2.45, 2.75) is 0 Å². The third kappa shape index (κ3) is 2.25. The zero-order valence-electron chi connectivity index (χ0n) is 10.6. The number of hydrogen-bond donors (Lipinski definition) is 0. The molecule has 7 heteroatoms. The molecule has 0 atom stereocenters. The molecule has 0 bridgehead atoms. The van der Waals surface area contributed by atoms with Crippen molar-refractivity contribution in [3.63, 3.8) is 0 Å². The maximum atomic E-state index is 12.4. The predicted octanol–water partition coefficient (Wildman–Crippen LogP) is 2.95. The summed E-state index contributed by atoms with van der Waals surface area (Å²) in [5.41, 5.74) is -0.619. The minimum absolute atomic E-state index is 0.0447. The number of halogens is 1. The molecule has 0 amide bonds. The Labute approximate surface area is 123 Å². The minimum Gasteiger partial charge on any atom is -0.267 e. The van der Waals surface area contributed by atoms with Gasteiger partial charge in [-0.05, 0) is 18.2 Å². The molecule has 104 valence electrons. The van der Waals surface area contributed by atoms with E-state index < -0.39 is 10.5 Å². The van der Waals surface area contributed by atoms with Gasteiger partial charge in [-0.3, -0.25) is 14.9 Å². The number of fused-ring (bicyclic) bond motifs is 1. The van der Waals surface area contributed by atoms with E-state index in [1.807, 2.05) is 0 Å². The van der Waals surface area contributed by atoms with E-state index in [0.29, 0.717) is 10.8 Å². The largest absolute Gasteiger partial charge is 0.295 e. The van der Waals surface area contributed by atoms with Crippen molar-refractivity contribution < 1.29 is 4.92 Å². The Balaban J connectivity index is 2.36. The van der Waals surface area contributed by atoms with E-state index in [9.17, 15) is 14.9 Å². The normalized spacial score (nSPS) is 10.7. The highest BCUT2D eigenvalue weighted by Crippen LogP contribution is 2.25. The molecule has 0 aliphatic carbocycles. The van der Waals surface area contributed by atoms with Crippen LogP contribution in [-0.4, -0.2) is 14.7 Å². The van der Waals surface area contributed by atoms with Crippen molar-refractivity contribution in [1.82, 2.24) is 9.78 Å². The van der Waals surface area contributed by atoms with Crippen LogP contribution >= 0.6 is 11.6 Å². The van der Waals surface area contributed by atoms with Gasteiger partial charge in [-0.1, -0.05) is 29.8 Å². The quantitative estimate of drug-likeness (QED) is 0.538. The molecule has 0 unspecified atom stereocenters. The Kier molecular flexibility index (Phi) is 3.15. The van der Waals surface area contributed by atoms with Crippen molar-refractivity contribution in [3.8, 4) is 5.69 Å². The maximum Gasteiger partial charge on any atom is 0.295 e. The summed E-state index contributed by atoms with van der Waals surface area (Å²) < 4.78 is 0.992. The SMILES string of the molecule is O=c1c2ccccc2cnn1-c1cc(Cl)ccc1[N+](=O)[O-]. The zero-order chi connectivity index (χ0) is 15.0. The van der Waals surface area contributed by atoms with Crippen LogP contribution in [0.25, 0.3) is 16.5 Å². The van der Waals surface area contributed by atoms with Crippen LogP contribution in [0.5, 0.6) is 0 Å². The van der Waals surface area contributed by atoms with Crippen LogP contribution in [0.15, 0.2) is 53.5 Å². The fourth-order valence-corrected chi connectivity index (χ4v) is 2.25. The number of nitrogens with zero attached hydrogens (tertiary/aromatic N) is 3. The highest BCUT2D eigenvalue weighted by atomic mass is 35.5. The van der Waals surface area contributed by atoms with E-state index >= 15 is 0 Å². The van der Waals surface area contributed by atoms with Crippen molar-refractivity contribution in [3.05, 3.63) is 74.2 Å². The van der Waals surface area contributed by atoms with Crippen LogP contribution in [0.2, 0.25) is 5.02 Å². The van der Waals surface area contributed by atoms with E-state index in [2.05, 4.69) is 5.10 Å². The molecule has 0 saturated heterocycles. The molecule has 1 aromatic heterocycles. The molecule has 2 aromatic carbocycles. The van der Waals surface area contributed by atoms with Gasteiger partial charge in [0.05, 0.1) is 16.5 Å². The molecule has 6 nitrogen and oxygen atoms in total. The van der Waals surface area contributed by atoms with Crippen LogP contribution in [0, 0.1) is 10.1 Å². The second-order valence-electron chi connectivity index (χ2n) is 4.34. The summed E-state index contributed by atoms with van der Waals surface area (Å²) in [4.78, 5) is 23.0. The molecule has 1 heterocycles. The zero-order valence-corrected chi connectivity index (χ0v) is 11.3. The highest BCUT2D eigenvalue weighted by molar-refractivity contribution is 6.30. The lowest BCUT2D eigenvalue weighted by Gasteiger charge is -2.07. The topological polar surface area (TPSA) is 78.0 Å². The molecular formula is C14H8ClN3O3. The summed E-state index contributed by atoms with van der Waals surface area (Å²) in [6.45, 7) is 0. The summed E-state index contributed by atoms with van der Waals surface area (Å²) in [6, 6.07) is 10.9. The van der Waals surface area contributed by atoms with Crippen molar-refractivity contribution >= 4 is 28.1 Å². The average molecular weight is 302 g/mol. The molecule has 0 N–H and O–H groups in total. The van der Waals surface area contributed by atoms with Gasteiger partial charge in [0.25, 0.3) is 11.2 Å². The van der Waals surface area contributed by atoms with Crippen LogP contribution in [0.1, 0.15) is 0 Å². The summed E-state index contributed by atoms with van der Waals surface area (Å²) in [6.07, 6.45) is 1.49. The lowest BCUT2D eigenvalue weighted by Crippen LogP contribution is -2.21. The molecule has 0 saturated carbocycles. The van der Waals surface area contributed by atoms with Gasteiger partial charge in [0.2, 0.25) is 0 Å². The summed E-state index contributed by atoms with van der Waals surface area (Å²) in [5, 5.41) is 16.5. The molecule has 3 rings (SSSR count). The Morgan fingerprint density at radius 3 is 2.71 bits per heavy atom. The molecule has 21 heavy (non-hydrogen) atoms. The first kappa shape index (κ1) is 13.3. The Hall–Kier alpha value is -2.73. The second kappa shape index (κ2) is 4.99. The fraction of sp³-hybridized carbons (Fsp3) is 0. The lowest BCUT2D eigenvalue weighted by molar-refractivity contribution is -0.384. The predicted molar refractivity (Wildman–Crippen MR) is 79.0 cm³/mol. The Bertz CT molecular complexity index is 921. The Morgan fingerprint density at radius 1 is 1.19 bits per heavy atom. The number of benzene rings is 2. The minimum atomic E-state index is -0.574. The standard InChI is InChI=1S/C14H8ClN3O3/c15-10-5-6-12(18(20)21)13(7-10)17-14(19)11-4-2-1-3-9(11)8-16-17/h1-8H. The number of nitro groups is 1. The smallest absolute Gasteiger partial charge is 0.267 e. The van der Waals surface area contributed by atoms with Crippen molar-refractivity contribution in [2.75, 3.05) is 0 Å². The highest BCUT2D eigenvalue weighted by Gasteiger charge is 2.18. The van der Waals surface area contributed by atoms with Gasteiger partial charge < -0.3 is 0 Å². The second-order valence-corrected chi connectivity index (χ2v) is 4.78. The van der Waals surface area contributed by atoms with Gasteiger partial charge in [0, 0.05) is 16.5 Å². The first-order chi connectivity index (χ1) is 10.1. The molecule has 0 aliphatic rings. The summed E-state index contributed by atoms with van der Waals surface area (Å²) in [5.74, 6) is 0. The van der Waals surface area contributed by atoms with Crippen LogP contribution < -0.4 is 5.56 Å². The number of rotatable bonds is 2. The maximum absolute atomic E-state index is 12.4. The van der Waals surface area contributed by atoms with Gasteiger partial charge in [0.15, 0.2) is 0 Å². The van der Waals surface area contributed by atoms with E-state index in [1.54, 1.807) is 24.3 Å². The molecule has 0 aliphatic heterocycles. The molecule has 3 aromatic rings. The number of nitro benzene ring substituents is 1. The number of hydrogen-bond acceptors (Lipinski definition) is 4. The van der Waals surface area contributed by atoms with Crippen LogP contribution in [-0.2, 0) is 0 Å². The van der Waals surface area contributed by atoms with Crippen LogP contribution in [0.4, 0.5) is 5.69 Å². The van der Waals surface area contributed by atoms with E-state index in [-0.39, 0.29) is 16.4 Å². The van der Waals surface area contributed by atoms with Gasteiger partial charge in [-0.2, -0.15) is 9.78 Å². The molecule has 0 spiro atoms. The first-order valence-electron chi connectivity index (χ1n) is 5.99. The third-order valence-electron chi connectivity index (χ3n) is 3.06.